The molecule has 0 spiro atoms. The molecule has 0 aromatic rings. The summed E-state index contributed by atoms with van der Waals surface area (Å²) in [4.78, 5) is 4.45. The summed E-state index contributed by atoms with van der Waals surface area (Å²) in [7, 11) is 8.52. The fourth-order valence-electron chi connectivity index (χ4n) is 4.05. The van der Waals surface area contributed by atoms with Crippen molar-refractivity contribution in [2.75, 3.05) is 28.2 Å². The van der Waals surface area contributed by atoms with Crippen LogP contribution in [-0.2, 0) is 0 Å². The van der Waals surface area contributed by atoms with Crippen LogP contribution in [0.2, 0.25) is 0 Å². The largest absolute Gasteiger partial charge is 0.377 e. The van der Waals surface area contributed by atoms with Gasteiger partial charge in [0.05, 0.1) is 0 Å². The molecule has 2 unspecified atom stereocenters. The zero-order chi connectivity index (χ0) is 17.4. The lowest BCUT2D eigenvalue weighted by Crippen LogP contribution is -2.34. The topological polar surface area (TPSA) is 6.48 Å². The molecule has 0 amide bonds. The van der Waals surface area contributed by atoms with Crippen molar-refractivity contribution < 1.29 is 0 Å². The second-order valence-corrected chi connectivity index (χ2v) is 6.76. The predicted molar refractivity (Wildman–Crippen MR) is 103 cm³/mol. The van der Waals surface area contributed by atoms with E-state index in [-0.39, 0.29) is 0 Å². The van der Waals surface area contributed by atoms with Crippen molar-refractivity contribution in [2.45, 2.75) is 13.8 Å². The van der Waals surface area contributed by atoms with E-state index < -0.39 is 0 Å². The van der Waals surface area contributed by atoms with E-state index in [0.717, 1.165) is 0 Å². The first-order valence-electron chi connectivity index (χ1n) is 8.87. The van der Waals surface area contributed by atoms with Gasteiger partial charge in [-0.25, -0.2) is 0 Å². The number of rotatable bonds is 2. The van der Waals surface area contributed by atoms with Crippen LogP contribution in [0, 0.1) is 11.8 Å². The Morgan fingerprint density at radius 2 is 1.29 bits per heavy atom. The van der Waals surface area contributed by atoms with Crippen molar-refractivity contribution in [2.24, 2.45) is 11.8 Å². The third kappa shape index (κ3) is 2.41. The van der Waals surface area contributed by atoms with Crippen molar-refractivity contribution in [1.82, 2.24) is 9.80 Å². The molecule has 0 fully saturated rings. The SMILES string of the molecule is CC.CN(C)C1=CC=C2C=CC3=C(N(C)C)C=CC4=CC=C1C2C43. The maximum atomic E-state index is 2.32. The number of hydrogen-bond acceptors (Lipinski definition) is 2. The molecule has 0 aliphatic heterocycles. The summed E-state index contributed by atoms with van der Waals surface area (Å²) in [6.07, 6.45) is 18.3. The van der Waals surface area contributed by atoms with Crippen LogP contribution in [0.25, 0.3) is 0 Å². The molecule has 0 aromatic carbocycles. The van der Waals surface area contributed by atoms with E-state index in [1.807, 2.05) is 13.8 Å². The third-order valence-electron chi connectivity index (χ3n) is 5.05. The highest BCUT2D eigenvalue weighted by Gasteiger charge is 2.40. The summed E-state index contributed by atoms with van der Waals surface area (Å²) in [5.41, 5.74) is 8.44. The average Bonchev–Trinajstić information content (AvgIpc) is 2.60. The zero-order valence-electron chi connectivity index (χ0n) is 15.7. The van der Waals surface area contributed by atoms with E-state index in [1.165, 1.54) is 33.7 Å². The lowest BCUT2D eigenvalue weighted by atomic mass is 9.63. The highest BCUT2D eigenvalue weighted by molar-refractivity contribution is 5.63. The number of allylic oxidation sites excluding steroid dienone is 12. The normalized spacial score (nSPS) is 25.6. The van der Waals surface area contributed by atoms with Crippen molar-refractivity contribution in [3.63, 3.8) is 0 Å². The van der Waals surface area contributed by atoms with Gasteiger partial charge in [0.1, 0.15) is 0 Å². The number of likely N-dealkylation sites (N-methyl/N-ethyl adjacent to an activating group) is 2. The number of hydrogen-bond donors (Lipinski definition) is 0. The summed E-state index contributed by atoms with van der Waals surface area (Å²) in [5, 5.41) is 0. The van der Waals surface area contributed by atoms with E-state index in [1.54, 1.807) is 0 Å². The highest BCUT2D eigenvalue weighted by atomic mass is 15.1. The van der Waals surface area contributed by atoms with Gasteiger partial charge in [-0.15, -0.1) is 0 Å². The Hall–Kier alpha value is -2.22. The molecule has 2 heteroatoms. The second kappa shape index (κ2) is 6.35. The van der Waals surface area contributed by atoms with Crippen LogP contribution in [0.3, 0.4) is 0 Å². The Balaban J connectivity index is 0.000000815. The standard InChI is InChI=1S/C20H22N2.C2H6/c1-21(2)17-11-7-13-6-10-16-18(22(3)4)12-8-14-5-9-15(17)19(13)20(14)16;1-2/h5-12,19-20H,1-4H3;1-2H3. The molecule has 0 radical (unpaired) electrons. The Morgan fingerprint density at radius 3 is 1.96 bits per heavy atom. The van der Waals surface area contributed by atoms with Gasteiger partial charge < -0.3 is 9.80 Å². The van der Waals surface area contributed by atoms with Crippen molar-refractivity contribution >= 4 is 0 Å². The highest BCUT2D eigenvalue weighted by Crippen LogP contribution is 2.51. The van der Waals surface area contributed by atoms with Gasteiger partial charge in [0, 0.05) is 51.4 Å². The molecule has 4 rings (SSSR count). The van der Waals surface area contributed by atoms with Crippen LogP contribution in [0.4, 0.5) is 0 Å². The molecule has 2 atom stereocenters. The lowest BCUT2D eigenvalue weighted by molar-refractivity contribution is 0.456. The summed E-state index contributed by atoms with van der Waals surface area (Å²) >= 11 is 0. The first-order valence-corrected chi connectivity index (χ1v) is 8.87. The molecule has 24 heavy (non-hydrogen) atoms. The Morgan fingerprint density at radius 1 is 0.667 bits per heavy atom. The molecule has 2 nitrogen and oxygen atoms in total. The molecular formula is C22H28N2. The van der Waals surface area contributed by atoms with Crippen molar-refractivity contribution in [3.8, 4) is 0 Å². The van der Waals surface area contributed by atoms with Gasteiger partial charge in [0.15, 0.2) is 0 Å². The maximum Gasteiger partial charge on any atom is 0.0400 e. The molecule has 4 aliphatic carbocycles. The van der Waals surface area contributed by atoms with Gasteiger partial charge in [-0.1, -0.05) is 50.3 Å². The third-order valence-corrected chi connectivity index (χ3v) is 5.05. The fourth-order valence-corrected chi connectivity index (χ4v) is 4.05. The summed E-state index contributed by atoms with van der Waals surface area (Å²) in [6.45, 7) is 4.00. The molecule has 0 N–H and O–H groups in total. The number of nitrogens with zero attached hydrogens (tertiary/aromatic N) is 2. The quantitative estimate of drug-likeness (QED) is 0.741. The van der Waals surface area contributed by atoms with E-state index in [0.29, 0.717) is 11.8 Å². The molecule has 0 saturated carbocycles. The first kappa shape index (κ1) is 16.6. The Labute approximate surface area is 146 Å². The molecule has 0 aromatic heterocycles. The van der Waals surface area contributed by atoms with E-state index in [2.05, 4.69) is 86.6 Å². The Bertz CT molecular complexity index is 749. The molecule has 0 heterocycles. The van der Waals surface area contributed by atoms with Gasteiger partial charge >= 0.3 is 0 Å². The van der Waals surface area contributed by atoms with E-state index in [9.17, 15) is 0 Å². The van der Waals surface area contributed by atoms with E-state index >= 15 is 0 Å². The lowest BCUT2D eigenvalue weighted by Gasteiger charge is -2.43. The molecule has 0 saturated heterocycles. The molecule has 0 bridgehead atoms. The minimum absolute atomic E-state index is 0.460. The molecule has 4 aliphatic rings. The van der Waals surface area contributed by atoms with Gasteiger partial charge in [-0.05, 0) is 34.4 Å². The van der Waals surface area contributed by atoms with Gasteiger partial charge in [-0.3, -0.25) is 0 Å². The van der Waals surface area contributed by atoms with Crippen molar-refractivity contribution in [1.29, 1.82) is 0 Å². The summed E-state index contributed by atoms with van der Waals surface area (Å²) < 4.78 is 0. The Kier molecular flexibility index (Phi) is 4.40. The monoisotopic (exact) mass is 320 g/mol. The van der Waals surface area contributed by atoms with Crippen LogP contribution in [-0.4, -0.2) is 38.0 Å². The van der Waals surface area contributed by atoms with Crippen LogP contribution in [0.5, 0.6) is 0 Å². The maximum absolute atomic E-state index is 2.32. The average molecular weight is 320 g/mol. The fraction of sp³-hybridized carbons (Fsp3) is 0.364. The molecular weight excluding hydrogens is 292 g/mol. The van der Waals surface area contributed by atoms with E-state index in [4.69, 9.17) is 0 Å². The summed E-state index contributed by atoms with van der Waals surface area (Å²) in [5.74, 6) is 0.921. The zero-order valence-corrected chi connectivity index (χ0v) is 15.7. The minimum atomic E-state index is 0.460. The second-order valence-electron chi connectivity index (χ2n) is 6.76. The minimum Gasteiger partial charge on any atom is -0.377 e. The summed E-state index contributed by atoms with van der Waals surface area (Å²) in [6, 6.07) is 0. The van der Waals surface area contributed by atoms with Gasteiger partial charge in [0.2, 0.25) is 0 Å². The van der Waals surface area contributed by atoms with Gasteiger partial charge in [-0.2, -0.15) is 0 Å². The smallest absolute Gasteiger partial charge is 0.0400 e. The van der Waals surface area contributed by atoms with Crippen LogP contribution < -0.4 is 0 Å². The molecule has 126 valence electrons. The van der Waals surface area contributed by atoms with Gasteiger partial charge in [0.25, 0.3) is 0 Å². The van der Waals surface area contributed by atoms with Crippen LogP contribution in [0.15, 0.2) is 82.3 Å². The van der Waals surface area contributed by atoms with Crippen LogP contribution in [0.1, 0.15) is 13.8 Å². The first-order chi connectivity index (χ1) is 11.6. The van der Waals surface area contributed by atoms with Crippen molar-refractivity contribution in [3.05, 3.63) is 82.3 Å². The predicted octanol–water partition coefficient (Wildman–Crippen LogP) is 4.45. The van der Waals surface area contributed by atoms with Crippen LogP contribution >= 0.6 is 0 Å².